The second-order valence-corrected chi connectivity index (χ2v) is 5.61. The molecular formula is C17H11F4N3O3. The smallest absolute Gasteiger partial charge is 0.433 e. The Bertz CT molecular complexity index is 1040. The number of hydrogen-bond acceptors (Lipinski definition) is 3. The zero-order valence-electron chi connectivity index (χ0n) is 13.4. The van der Waals surface area contributed by atoms with Crippen LogP contribution in [0, 0.1) is 5.82 Å². The third kappa shape index (κ3) is 3.89. The SMILES string of the molecule is O=C(O)Cn1cc(C(=O)Nc2ccnc(C(F)(F)F)c2)c2cc(F)ccc21. The van der Waals surface area contributed by atoms with Crippen LogP contribution in [-0.2, 0) is 17.5 Å². The van der Waals surface area contributed by atoms with Crippen molar-refractivity contribution in [3.8, 4) is 0 Å². The number of anilines is 1. The number of fused-ring (bicyclic) bond motifs is 1. The van der Waals surface area contributed by atoms with E-state index in [9.17, 15) is 27.2 Å². The highest BCUT2D eigenvalue weighted by atomic mass is 19.4. The molecule has 1 amide bonds. The maximum Gasteiger partial charge on any atom is 0.433 e. The van der Waals surface area contributed by atoms with Crippen molar-refractivity contribution >= 4 is 28.5 Å². The molecule has 6 nitrogen and oxygen atoms in total. The lowest BCUT2D eigenvalue weighted by Crippen LogP contribution is -2.14. The van der Waals surface area contributed by atoms with Gasteiger partial charge in [-0.25, -0.2) is 4.39 Å². The van der Waals surface area contributed by atoms with Crippen LogP contribution < -0.4 is 5.32 Å². The second-order valence-electron chi connectivity index (χ2n) is 5.61. The minimum atomic E-state index is -4.68. The lowest BCUT2D eigenvalue weighted by atomic mass is 10.1. The molecule has 0 saturated carbocycles. The van der Waals surface area contributed by atoms with Crippen LogP contribution in [0.5, 0.6) is 0 Å². The lowest BCUT2D eigenvalue weighted by Gasteiger charge is -2.08. The number of hydrogen-bond donors (Lipinski definition) is 2. The number of rotatable bonds is 4. The van der Waals surface area contributed by atoms with Crippen LogP contribution in [0.1, 0.15) is 16.1 Å². The van der Waals surface area contributed by atoms with E-state index in [1.165, 1.54) is 22.9 Å². The molecule has 2 aromatic heterocycles. The van der Waals surface area contributed by atoms with E-state index in [1.54, 1.807) is 0 Å². The molecular weight excluding hydrogens is 370 g/mol. The van der Waals surface area contributed by atoms with Gasteiger partial charge in [0.15, 0.2) is 0 Å². The van der Waals surface area contributed by atoms with Crippen molar-refractivity contribution in [1.82, 2.24) is 9.55 Å². The highest BCUT2D eigenvalue weighted by Crippen LogP contribution is 2.29. The average molecular weight is 381 g/mol. The standard InChI is InChI=1S/C17H11F4N3O3/c18-9-1-2-13-11(5-9)12(7-24(13)8-15(25)26)16(27)23-10-3-4-22-14(6-10)17(19,20)21/h1-7H,8H2,(H,25,26)(H,22,23,27). The first kappa shape index (κ1) is 18.4. The van der Waals surface area contributed by atoms with Gasteiger partial charge in [-0.05, 0) is 30.3 Å². The predicted molar refractivity (Wildman–Crippen MR) is 86.7 cm³/mol. The van der Waals surface area contributed by atoms with Gasteiger partial charge >= 0.3 is 12.1 Å². The summed E-state index contributed by atoms with van der Waals surface area (Å²) in [5.74, 6) is -2.63. The van der Waals surface area contributed by atoms with Crippen molar-refractivity contribution in [2.75, 3.05) is 5.32 Å². The van der Waals surface area contributed by atoms with Crippen molar-refractivity contribution in [3.05, 3.63) is 59.8 Å². The number of amides is 1. The van der Waals surface area contributed by atoms with Gasteiger partial charge in [-0.15, -0.1) is 0 Å². The van der Waals surface area contributed by atoms with Crippen LogP contribution in [0.15, 0.2) is 42.7 Å². The molecule has 0 unspecified atom stereocenters. The molecule has 1 aromatic carbocycles. The number of carbonyl (C=O) groups is 2. The number of aliphatic carboxylic acids is 1. The van der Waals surface area contributed by atoms with Crippen LogP contribution in [0.25, 0.3) is 10.9 Å². The van der Waals surface area contributed by atoms with E-state index in [-0.39, 0.29) is 16.6 Å². The predicted octanol–water partition coefficient (Wildman–Crippen LogP) is 3.53. The molecule has 0 spiro atoms. The maximum atomic E-state index is 13.6. The summed E-state index contributed by atoms with van der Waals surface area (Å²) in [6.45, 7) is -0.469. The average Bonchev–Trinajstić information content (AvgIpc) is 2.91. The molecule has 0 radical (unpaired) electrons. The van der Waals surface area contributed by atoms with E-state index in [1.807, 2.05) is 0 Å². The molecule has 0 aliphatic carbocycles. The number of carboxylic acid groups (broad SMARTS) is 1. The minimum absolute atomic E-state index is 0.0730. The van der Waals surface area contributed by atoms with Crippen LogP contribution in [-0.4, -0.2) is 26.5 Å². The van der Waals surface area contributed by atoms with Crippen molar-refractivity contribution in [2.45, 2.75) is 12.7 Å². The van der Waals surface area contributed by atoms with Gasteiger partial charge in [0.25, 0.3) is 5.91 Å². The number of aromatic nitrogens is 2. The fourth-order valence-corrected chi connectivity index (χ4v) is 2.59. The Hall–Kier alpha value is -3.43. The molecule has 27 heavy (non-hydrogen) atoms. The van der Waals surface area contributed by atoms with Crippen LogP contribution in [0.4, 0.5) is 23.2 Å². The summed E-state index contributed by atoms with van der Waals surface area (Å²) >= 11 is 0. The first-order valence-corrected chi connectivity index (χ1v) is 7.50. The number of nitrogens with zero attached hydrogens (tertiary/aromatic N) is 2. The number of nitrogens with one attached hydrogen (secondary N) is 1. The van der Waals surface area contributed by atoms with Crippen molar-refractivity contribution < 1.29 is 32.3 Å². The van der Waals surface area contributed by atoms with E-state index in [0.29, 0.717) is 11.6 Å². The Balaban J connectivity index is 1.99. The van der Waals surface area contributed by atoms with Gasteiger partial charge in [-0.3, -0.25) is 14.6 Å². The number of pyridine rings is 1. The van der Waals surface area contributed by atoms with E-state index in [0.717, 1.165) is 18.3 Å². The Morgan fingerprint density at radius 3 is 2.59 bits per heavy atom. The number of carbonyl (C=O) groups excluding carboxylic acids is 1. The quantitative estimate of drug-likeness (QED) is 0.677. The van der Waals surface area contributed by atoms with Gasteiger partial charge in [0.2, 0.25) is 0 Å². The van der Waals surface area contributed by atoms with E-state index in [2.05, 4.69) is 10.3 Å². The zero-order valence-corrected chi connectivity index (χ0v) is 13.4. The number of benzene rings is 1. The summed E-state index contributed by atoms with van der Waals surface area (Å²) in [6.07, 6.45) is -2.58. The summed E-state index contributed by atoms with van der Waals surface area (Å²) in [6, 6.07) is 5.31. The van der Waals surface area contributed by atoms with Crippen molar-refractivity contribution in [3.63, 3.8) is 0 Å². The normalized spacial score (nSPS) is 11.6. The Kier molecular flexibility index (Phi) is 4.56. The fraction of sp³-hybridized carbons (Fsp3) is 0.118. The largest absolute Gasteiger partial charge is 0.480 e. The molecule has 0 saturated heterocycles. The third-order valence-electron chi connectivity index (χ3n) is 3.70. The van der Waals surface area contributed by atoms with E-state index < -0.39 is 36.1 Å². The zero-order chi connectivity index (χ0) is 19.8. The Morgan fingerprint density at radius 2 is 1.93 bits per heavy atom. The monoisotopic (exact) mass is 381 g/mol. The van der Waals surface area contributed by atoms with Gasteiger partial charge in [-0.1, -0.05) is 0 Å². The van der Waals surface area contributed by atoms with Gasteiger partial charge in [-0.2, -0.15) is 13.2 Å². The molecule has 10 heteroatoms. The second kappa shape index (κ2) is 6.71. The van der Waals surface area contributed by atoms with E-state index in [4.69, 9.17) is 5.11 Å². The van der Waals surface area contributed by atoms with Crippen molar-refractivity contribution in [2.24, 2.45) is 0 Å². The molecule has 3 rings (SSSR count). The first-order chi connectivity index (χ1) is 12.6. The lowest BCUT2D eigenvalue weighted by molar-refractivity contribution is -0.141. The number of halogens is 4. The Morgan fingerprint density at radius 1 is 1.19 bits per heavy atom. The molecule has 0 bridgehead atoms. The van der Waals surface area contributed by atoms with Crippen LogP contribution in [0.3, 0.4) is 0 Å². The number of alkyl halides is 3. The summed E-state index contributed by atoms with van der Waals surface area (Å²) in [5, 5.41) is 11.4. The summed E-state index contributed by atoms with van der Waals surface area (Å²) in [5.41, 5.74) is -1.11. The highest BCUT2D eigenvalue weighted by molar-refractivity contribution is 6.13. The molecule has 140 valence electrons. The van der Waals surface area contributed by atoms with Gasteiger partial charge in [0, 0.05) is 29.0 Å². The fourth-order valence-electron chi connectivity index (χ4n) is 2.59. The van der Waals surface area contributed by atoms with Crippen LogP contribution in [0.2, 0.25) is 0 Å². The first-order valence-electron chi connectivity index (χ1n) is 7.50. The van der Waals surface area contributed by atoms with Gasteiger partial charge in [0.05, 0.1) is 5.56 Å². The van der Waals surface area contributed by atoms with Gasteiger partial charge < -0.3 is 15.0 Å². The van der Waals surface area contributed by atoms with Crippen LogP contribution >= 0.6 is 0 Å². The molecule has 2 N–H and O–H groups in total. The number of carboxylic acids is 1. The summed E-state index contributed by atoms with van der Waals surface area (Å²) < 4.78 is 53.0. The Labute approximate surface area is 149 Å². The van der Waals surface area contributed by atoms with Gasteiger partial charge in [0.1, 0.15) is 18.1 Å². The molecule has 0 atom stereocenters. The molecule has 3 aromatic rings. The maximum absolute atomic E-state index is 13.6. The molecule has 2 heterocycles. The molecule has 0 fully saturated rings. The van der Waals surface area contributed by atoms with E-state index >= 15 is 0 Å². The molecule has 0 aliphatic heterocycles. The topological polar surface area (TPSA) is 84.2 Å². The van der Waals surface area contributed by atoms with Crippen molar-refractivity contribution in [1.29, 1.82) is 0 Å². The summed E-state index contributed by atoms with van der Waals surface area (Å²) in [4.78, 5) is 26.7. The molecule has 0 aliphatic rings. The highest BCUT2D eigenvalue weighted by Gasteiger charge is 2.32. The third-order valence-corrected chi connectivity index (χ3v) is 3.70. The minimum Gasteiger partial charge on any atom is -0.480 e. The summed E-state index contributed by atoms with van der Waals surface area (Å²) in [7, 11) is 0.